The first-order valence-corrected chi connectivity index (χ1v) is 10.1. The van der Waals surface area contributed by atoms with Gasteiger partial charge in [0, 0.05) is 5.69 Å². The maximum atomic E-state index is 12.3. The van der Waals surface area contributed by atoms with Crippen LogP contribution in [0.25, 0.3) is 4.96 Å². The van der Waals surface area contributed by atoms with Gasteiger partial charge in [0.15, 0.2) is 10.2 Å². The van der Waals surface area contributed by atoms with Gasteiger partial charge in [-0.05, 0) is 30.9 Å². The largest absolute Gasteiger partial charge is 0.325 e. The lowest BCUT2D eigenvalue weighted by Gasteiger charge is -2.11. The Balaban J connectivity index is 1.67. The van der Waals surface area contributed by atoms with E-state index in [2.05, 4.69) is 20.6 Å². The Morgan fingerprint density at radius 1 is 1.31 bits per heavy atom. The molecule has 1 unspecified atom stereocenters. The Labute approximate surface area is 160 Å². The van der Waals surface area contributed by atoms with Crippen LogP contribution in [0.2, 0.25) is 0 Å². The average molecular weight is 391 g/mol. The first-order chi connectivity index (χ1) is 12.4. The highest BCUT2D eigenvalue weighted by molar-refractivity contribution is 8.01. The molecule has 1 aromatic carbocycles. The van der Waals surface area contributed by atoms with Crippen molar-refractivity contribution in [3.05, 3.63) is 35.2 Å². The third kappa shape index (κ3) is 3.89. The Kier molecular flexibility index (Phi) is 5.59. The van der Waals surface area contributed by atoms with E-state index in [-0.39, 0.29) is 23.6 Å². The number of nitrogens with two attached hydrogens (primary N) is 1. The van der Waals surface area contributed by atoms with Crippen molar-refractivity contribution in [2.75, 3.05) is 11.1 Å². The van der Waals surface area contributed by atoms with E-state index in [1.54, 1.807) is 4.52 Å². The van der Waals surface area contributed by atoms with Crippen LogP contribution < -0.4 is 11.1 Å². The summed E-state index contributed by atoms with van der Waals surface area (Å²) >= 11 is 2.79. The smallest absolute Gasteiger partial charge is 0.235 e. The summed E-state index contributed by atoms with van der Waals surface area (Å²) in [5.74, 6) is 1.11. The molecule has 0 radical (unpaired) electrons. The van der Waals surface area contributed by atoms with Gasteiger partial charge in [0.25, 0.3) is 0 Å². The minimum Gasteiger partial charge on any atom is -0.325 e. The molecule has 2 heterocycles. The van der Waals surface area contributed by atoms with Crippen molar-refractivity contribution < 1.29 is 4.79 Å². The summed E-state index contributed by atoms with van der Waals surface area (Å²) in [5.41, 5.74) is 9.14. The lowest BCUT2D eigenvalue weighted by atomic mass is 10.1. The summed E-state index contributed by atoms with van der Waals surface area (Å²) in [6, 6.07) is 5.72. The zero-order valence-corrected chi connectivity index (χ0v) is 16.8. The maximum absolute atomic E-state index is 12.3. The average Bonchev–Trinajstić information content (AvgIpc) is 3.15. The molecule has 26 heavy (non-hydrogen) atoms. The molecule has 9 heteroatoms. The van der Waals surface area contributed by atoms with Crippen LogP contribution >= 0.6 is 23.1 Å². The fourth-order valence-corrected chi connectivity index (χ4v) is 4.18. The first-order valence-electron chi connectivity index (χ1n) is 8.33. The van der Waals surface area contributed by atoms with E-state index in [1.807, 2.05) is 45.9 Å². The van der Waals surface area contributed by atoms with Crippen molar-refractivity contribution in [3.63, 3.8) is 0 Å². The van der Waals surface area contributed by atoms with Crippen molar-refractivity contribution in [3.8, 4) is 0 Å². The SMILES string of the molecule is Cc1cccc(C)c1NC(=O)CSc1nn2c(C(N)C(C)C)nnc2s1. The maximum Gasteiger partial charge on any atom is 0.235 e. The molecule has 0 saturated carbocycles. The monoisotopic (exact) mass is 390 g/mol. The Morgan fingerprint density at radius 2 is 2.00 bits per heavy atom. The second-order valence-electron chi connectivity index (χ2n) is 6.49. The molecule has 3 rings (SSSR count). The predicted octanol–water partition coefficient (Wildman–Crippen LogP) is 3.19. The highest BCUT2D eigenvalue weighted by Crippen LogP contribution is 2.27. The molecule has 3 N–H and O–H groups in total. The van der Waals surface area contributed by atoms with E-state index in [9.17, 15) is 4.79 Å². The molecule has 1 atom stereocenters. The van der Waals surface area contributed by atoms with Gasteiger partial charge < -0.3 is 11.1 Å². The second-order valence-corrected chi connectivity index (χ2v) is 8.67. The number of nitrogens with one attached hydrogen (secondary N) is 1. The molecule has 1 amide bonds. The molecule has 2 aromatic heterocycles. The number of thioether (sulfide) groups is 1. The number of para-hydroxylation sites is 1. The Bertz CT molecular complexity index is 912. The van der Waals surface area contributed by atoms with Crippen LogP contribution in [0.15, 0.2) is 22.5 Å². The van der Waals surface area contributed by atoms with Crippen LogP contribution in [0.4, 0.5) is 5.69 Å². The Hall–Kier alpha value is -1.97. The number of anilines is 1. The number of benzene rings is 1. The number of hydrogen-bond donors (Lipinski definition) is 2. The molecule has 0 fully saturated rings. The molecular formula is C17H22N6OS2. The van der Waals surface area contributed by atoms with Crippen LogP contribution in [-0.4, -0.2) is 31.5 Å². The summed E-state index contributed by atoms with van der Waals surface area (Å²) in [6.45, 7) is 8.04. The number of nitrogens with zero attached hydrogens (tertiary/aromatic N) is 4. The molecule has 0 aliphatic heterocycles. The number of amides is 1. The van der Waals surface area contributed by atoms with Gasteiger partial charge in [-0.1, -0.05) is 55.1 Å². The van der Waals surface area contributed by atoms with Crippen molar-refractivity contribution in [1.82, 2.24) is 19.8 Å². The molecule has 3 aromatic rings. The third-order valence-electron chi connectivity index (χ3n) is 4.09. The lowest BCUT2D eigenvalue weighted by Crippen LogP contribution is -2.20. The molecule has 0 aliphatic rings. The van der Waals surface area contributed by atoms with Crippen LogP contribution in [0, 0.1) is 19.8 Å². The van der Waals surface area contributed by atoms with Crippen LogP contribution in [0.5, 0.6) is 0 Å². The minimum atomic E-state index is -0.225. The predicted molar refractivity (Wildman–Crippen MR) is 106 cm³/mol. The molecular weight excluding hydrogens is 368 g/mol. The number of carbonyl (C=O) groups excluding carboxylic acids is 1. The molecule has 0 bridgehead atoms. The zero-order chi connectivity index (χ0) is 18.8. The van der Waals surface area contributed by atoms with Gasteiger partial charge in [0.2, 0.25) is 10.9 Å². The summed E-state index contributed by atoms with van der Waals surface area (Å²) in [7, 11) is 0. The van der Waals surface area contributed by atoms with E-state index < -0.39 is 0 Å². The normalized spacial score (nSPS) is 12.7. The van der Waals surface area contributed by atoms with Gasteiger partial charge >= 0.3 is 0 Å². The molecule has 138 valence electrons. The number of hydrogen-bond acceptors (Lipinski definition) is 7. The van der Waals surface area contributed by atoms with Crippen molar-refractivity contribution >= 4 is 39.7 Å². The second kappa shape index (κ2) is 7.73. The molecule has 7 nitrogen and oxygen atoms in total. The van der Waals surface area contributed by atoms with Gasteiger partial charge in [-0.25, -0.2) is 0 Å². The van der Waals surface area contributed by atoms with E-state index in [1.165, 1.54) is 23.1 Å². The Morgan fingerprint density at radius 3 is 2.65 bits per heavy atom. The van der Waals surface area contributed by atoms with E-state index >= 15 is 0 Å². The van der Waals surface area contributed by atoms with Gasteiger partial charge in [0.1, 0.15) is 0 Å². The van der Waals surface area contributed by atoms with Crippen LogP contribution in [0.1, 0.15) is 36.8 Å². The molecule has 0 aliphatic carbocycles. The van der Waals surface area contributed by atoms with Gasteiger partial charge in [-0.15, -0.1) is 15.3 Å². The molecule has 0 saturated heterocycles. The highest BCUT2D eigenvalue weighted by Gasteiger charge is 2.20. The fraction of sp³-hybridized carbons (Fsp3) is 0.412. The summed E-state index contributed by atoms with van der Waals surface area (Å²) in [4.78, 5) is 13.0. The van der Waals surface area contributed by atoms with E-state index in [0.717, 1.165) is 21.2 Å². The third-order valence-corrected chi connectivity index (χ3v) is 6.12. The van der Waals surface area contributed by atoms with E-state index in [0.29, 0.717) is 10.8 Å². The number of rotatable bonds is 6. The lowest BCUT2D eigenvalue weighted by molar-refractivity contribution is -0.113. The van der Waals surface area contributed by atoms with Crippen molar-refractivity contribution in [2.45, 2.75) is 38.1 Å². The molecule has 0 spiro atoms. The van der Waals surface area contributed by atoms with Gasteiger partial charge in [-0.2, -0.15) is 4.52 Å². The van der Waals surface area contributed by atoms with Gasteiger partial charge in [0.05, 0.1) is 11.8 Å². The van der Waals surface area contributed by atoms with E-state index in [4.69, 9.17) is 5.73 Å². The zero-order valence-electron chi connectivity index (χ0n) is 15.2. The summed E-state index contributed by atoms with van der Waals surface area (Å²) in [5, 5.41) is 15.8. The minimum absolute atomic E-state index is 0.0579. The fourth-order valence-electron chi connectivity index (χ4n) is 2.49. The number of fused-ring (bicyclic) bond motifs is 1. The van der Waals surface area contributed by atoms with Crippen molar-refractivity contribution in [2.24, 2.45) is 11.7 Å². The highest BCUT2D eigenvalue weighted by atomic mass is 32.2. The quantitative estimate of drug-likeness (QED) is 0.627. The van der Waals surface area contributed by atoms with Gasteiger partial charge in [-0.3, -0.25) is 4.79 Å². The number of carbonyl (C=O) groups is 1. The number of aryl methyl sites for hydroxylation is 2. The number of aromatic nitrogens is 4. The summed E-state index contributed by atoms with van der Waals surface area (Å²) < 4.78 is 2.45. The first kappa shape index (κ1) is 18.8. The topological polar surface area (TPSA) is 98.2 Å². The van der Waals surface area contributed by atoms with Crippen molar-refractivity contribution in [1.29, 1.82) is 0 Å². The van der Waals surface area contributed by atoms with Crippen LogP contribution in [-0.2, 0) is 4.79 Å². The standard InChI is InChI=1S/C17H22N6OS2/c1-9(2)13(18)15-20-21-16-23(15)22-17(26-16)25-8-12(24)19-14-10(3)6-5-7-11(14)4/h5-7,9,13H,8,18H2,1-4H3,(H,19,24). The van der Waals surface area contributed by atoms with Crippen LogP contribution in [0.3, 0.4) is 0 Å². The summed E-state index contributed by atoms with van der Waals surface area (Å²) in [6.07, 6.45) is 0.